The minimum atomic E-state index is -4.74. The Hall–Kier alpha value is -4.19. The highest BCUT2D eigenvalue weighted by atomic mass is 19.4. The van der Waals surface area contributed by atoms with Gasteiger partial charge in [0.1, 0.15) is 18.0 Å². The Labute approximate surface area is 223 Å². The van der Waals surface area contributed by atoms with Crippen molar-refractivity contribution in [1.29, 1.82) is 0 Å². The van der Waals surface area contributed by atoms with Crippen molar-refractivity contribution in [3.8, 4) is 11.1 Å². The van der Waals surface area contributed by atoms with E-state index in [1.807, 2.05) is 30.3 Å². The van der Waals surface area contributed by atoms with E-state index in [1.165, 1.54) is 4.90 Å². The monoisotopic (exact) mass is 542 g/mol. The number of rotatable bonds is 8. The van der Waals surface area contributed by atoms with Crippen molar-refractivity contribution in [2.24, 2.45) is 0 Å². The Balaban J connectivity index is 1.66. The summed E-state index contributed by atoms with van der Waals surface area (Å²) < 4.78 is 41.7. The fraction of sp³-hybridized carbons (Fsp3) is 0.333. The van der Waals surface area contributed by atoms with Gasteiger partial charge in [-0.15, -0.1) is 0 Å². The number of amides is 2. The van der Waals surface area contributed by atoms with Crippen LogP contribution in [0, 0.1) is 0 Å². The van der Waals surface area contributed by atoms with E-state index in [-0.39, 0.29) is 36.6 Å². The lowest BCUT2D eigenvalue weighted by Gasteiger charge is -2.32. The summed E-state index contributed by atoms with van der Waals surface area (Å²) in [5.74, 6) is -1.26. The van der Waals surface area contributed by atoms with Crippen LogP contribution in [0.25, 0.3) is 11.1 Å². The smallest absolute Gasteiger partial charge is 0.387 e. The molecular formula is C27H29F3N6O3. The standard InChI is InChI=1S/C27H29F3N6O3/c1-2-23(38)33-22-13-18(17-7-4-3-5-8-17)10-11-21(22)34-25-20(27(28,29)30)14-31-26(35-25)32-19-9-6-12-36(15-19)24(39)16-37/h3-5,7-8,10-11,13-14,19,37H,2,6,9,12,15-16H2,1H3,(H,33,38)(H2,31,32,34,35)/t19-/m0/s1. The molecule has 3 aromatic rings. The number of hydrogen-bond donors (Lipinski definition) is 4. The highest BCUT2D eigenvalue weighted by molar-refractivity contribution is 5.96. The molecule has 1 fully saturated rings. The number of aliphatic hydroxyl groups is 1. The molecule has 0 saturated carbocycles. The van der Waals surface area contributed by atoms with Crippen LogP contribution >= 0.6 is 0 Å². The van der Waals surface area contributed by atoms with E-state index in [9.17, 15) is 22.8 Å². The van der Waals surface area contributed by atoms with Crippen LogP contribution in [0.3, 0.4) is 0 Å². The first kappa shape index (κ1) is 27.8. The Kier molecular flexibility index (Phi) is 8.65. The minimum absolute atomic E-state index is 0.0474. The second-order valence-electron chi connectivity index (χ2n) is 9.09. The summed E-state index contributed by atoms with van der Waals surface area (Å²) in [5, 5.41) is 17.6. The number of piperidine rings is 1. The lowest BCUT2D eigenvalue weighted by atomic mass is 10.0. The summed E-state index contributed by atoms with van der Waals surface area (Å²) in [6.45, 7) is 1.82. The van der Waals surface area contributed by atoms with Crippen LogP contribution in [0.5, 0.6) is 0 Å². The Morgan fingerprint density at radius 1 is 1.10 bits per heavy atom. The molecule has 0 aliphatic carbocycles. The molecule has 1 saturated heterocycles. The number of carbonyl (C=O) groups is 2. The van der Waals surface area contributed by atoms with Crippen LogP contribution in [0.1, 0.15) is 31.7 Å². The Morgan fingerprint density at radius 2 is 1.87 bits per heavy atom. The zero-order valence-corrected chi connectivity index (χ0v) is 21.3. The second-order valence-corrected chi connectivity index (χ2v) is 9.09. The topological polar surface area (TPSA) is 119 Å². The van der Waals surface area contributed by atoms with Gasteiger partial charge in [-0.2, -0.15) is 18.2 Å². The first-order chi connectivity index (χ1) is 18.7. The lowest BCUT2D eigenvalue weighted by Crippen LogP contribution is -2.46. The van der Waals surface area contributed by atoms with E-state index in [2.05, 4.69) is 25.9 Å². The van der Waals surface area contributed by atoms with Crippen molar-refractivity contribution in [1.82, 2.24) is 14.9 Å². The molecule has 1 atom stereocenters. The molecule has 206 valence electrons. The number of likely N-dealkylation sites (tertiary alicyclic amines) is 1. The van der Waals surface area contributed by atoms with Crippen LogP contribution < -0.4 is 16.0 Å². The molecule has 1 aliphatic rings. The van der Waals surface area contributed by atoms with Gasteiger partial charge in [-0.1, -0.05) is 43.3 Å². The molecule has 2 aromatic carbocycles. The van der Waals surface area contributed by atoms with Gasteiger partial charge in [0.05, 0.1) is 11.4 Å². The Morgan fingerprint density at radius 3 is 2.56 bits per heavy atom. The van der Waals surface area contributed by atoms with E-state index < -0.39 is 30.1 Å². The summed E-state index contributed by atoms with van der Waals surface area (Å²) in [7, 11) is 0. The normalized spacial score (nSPS) is 15.5. The molecule has 1 aromatic heterocycles. The van der Waals surface area contributed by atoms with E-state index >= 15 is 0 Å². The van der Waals surface area contributed by atoms with Crippen molar-refractivity contribution in [3.63, 3.8) is 0 Å². The third-order valence-corrected chi connectivity index (χ3v) is 6.31. The summed E-state index contributed by atoms with van der Waals surface area (Å²) >= 11 is 0. The Bertz CT molecular complexity index is 1320. The highest BCUT2D eigenvalue weighted by Crippen LogP contribution is 2.37. The molecule has 0 unspecified atom stereocenters. The van der Waals surface area contributed by atoms with Gasteiger partial charge in [-0.3, -0.25) is 9.59 Å². The van der Waals surface area contributed by atoms with Crippen LogP contribution in [-0.2, 0) is 15.8 Å². The zero-order valence-electron chi connectivity index (χ0n) is 21.3. The average molecular weight is 543 g/mol. The summed E-state index contributed by atoms with van der Waals surface area (Å²) in [4.78, 5) is 33.6. The molecule has 12 heteroatoms. The number of anilines is 4. The second kappa shape index (κ2) is 12.1. The van der Waals surface area contributed by atoms with Gasteiger partial charge in [0.2, 0.25) is 17.8 Å². The van der Waals surface area contributed by atoms with Gasteiger partial charge < -0.3 is 26.0 Å². The molecule has 2 heterocycles. The van der Waals surface area contributed by atoms with E-state index in [4.69, 9.17) is 5.11 Å². The molecule has 0 bridgehead atoms. The van der Waals surface area contributed by atoms with Crippen LogP contribution in [-0.4, -0.2) is 57.5 Å². The van der Waals surface area contributed by atoms with Gasteiger partial charge in [-0.05, 0) is 36.1 Å². The predicted molar refractivity (Wildman–Crippen MR) is 141 cm³/mol. The minimum Gasteiger partial charge on any atom is -0.387 e. The molecular weight excluding hydrogens is 513 g/mol. The first-order valence-corrected chi connectivity index (χ1v) is 12.5. The molecule has 4 rings (SSSR count). The fourth-order valence-corrected chi connectivity index (χ4v) is 4.29. The van der Waals surface area contributed by atoms with Gasteiger partial charge in [0.15, 0.2) is 0 Å². The van der Waals surface area contributed by atoms with Crippen molar-refractivity contribution in [2.45, 2.75) is 38.4 Å². The number of hydrogen-bond acceptors (Lipinski definition) is 7. The largest absolute Gasteiger partial charge is 0.421 e. The number of alkyl halides is 3. The molecule has 0 radical (unpaired) electrons. The van der Waals surface area contributed by atoms with Crippen molar-refractivity contribution in [2.75, 3.05) is 35.6 Å². The molecule has 0 spiro atoms. The quantitative estimate of drug-likeness (QED) is 0.327. The highest BCUT2D eigenvalue weighted by Gasteiger charge is 2.36. The number of aromatic nitrogens is 2. The SMILES string of the molecule is CCC(=O)Nc1cc(-c2ccccc2)ccc1Nc1nc(N[C@H]2CCCN(C(=O)CO)C2)ncc1C(F)(F)F. The molecule has 2 amide bonds. The van der Waals surface area contributed by atoms with Crippen LogP contribution in [0.2, 0.25) is 0 Å². The third-order valence-electron chi connectivity index (χ3n) is 6.31. The molecule has 39 heavy (non-hydrogen) atoms. The van der Waals surface area contributed by atoms with Gasteiger partial charge in [0, 0.05) is 31.7 Å². The van der Waals surface area contributed by atoms with Gasteiger partial charge >= 0.3 is 6.18 Å². The molecule has 1 aliphatic heterocycles. The summed E-state index contributed by atoms with van der Waals surface area (Å²) in [6, 6.07) is 14.1. The van der Waals surface area contributed by atoms with E-state index in [0.29, 0.717) is 31.3 Å². The van der Waals surface area contributed by atoms with Crippen molar-refractivity contribution in [3.05, 3.63) is 60.3 Å². The van der Waals surface area contributed by atoms with E-state index in [1.54, 1.807) is 25.1 Å². The number of nitrogens with zero attached hydrogens (tertiary/aromatic N) is 3. The zero-order chi connectivity index (χ0) is 28.0. The number of aliphatic hydroxyl groups excluding tert-OH is 1. The number of benzene rings is 2. The maximum Gasteiger partial charge on any atom is 0.421 e. The predicted octanol–water partition coefficient (Wildman–Crippen LogP) is 4.65. The first-order valence-electron chi connectivity index (χ1n) is 12.5. The van der Waals surface area contributed by atoms with Gasteiger partial charge in [0.25, 0.3) is 0 Å². The maximum absolute atomic E-state index is 13.9. The lowest BCUT2D eigenvalue weighted by molar-refractivity contribution is -0.137. The van der Waals surface area contributed by atoms with Crippen LogP contribution in [0.15, 0.2) is 54.7 Å². The van der Waals surface area contributed by atoms with E-state index in [0.717, 1.165) is 11.1 Å². The average Bonchev–Trinajstić information content (AvgIpc) is 2.93. The summed E-state index contributed by atoms with van der Waals surface area (Å²) in [5.41, 5.74) is 1.10. The van der Waals surface area contributed by atoms with Crippen molar-refractivity contribution >= 4 is 35.0 Å². The van der Waals surface area contributed by atoms with Gasteiger partial charge in [-0.25, -0.2) is 4.98 Å². The summed E-state index contributed by atoms with van der Waals surface area (Å²) in [6.07, 6.45) is -2.56. The number of halogens is 3. The third kappa shape index (κ3) is 7.02. The molecule has 9 nitrogen and oxygen atoms in total. The maximum atomic E-state index is 13.9. The fourth-order valence-electron chi connectivity index (χ4n) is 4.29. The number of carbonyl (C=O) groups excluding carboxylic acids is 2. The van der Waals surface area contributed by atoms with Crippen molar-refractivity contribution < 1.29 is 27.9 Å². The molecule has 4 N–H and O–H groups in total. The number of nitrogens with one attached hydrogen (secondary N) is 3. The van der Waals surface area contributed by atoms with Crippen LogP contribution in [0.4, 0.5) is 36.3 Å².